The molecule has 5 nitrogen and oxygen atoms in total. The molecule has 0 fully saturated rings. The molecule has 0 saturated carbocycles. The molecule has 1 atom stereocenters. The zero-order valence-corrected chi connectivity index (χ0v) is 17.3. The Bertz CT molecular complexity index is 868. The van der Waals surface area contributed by atoms with Gasteiger partial charge >= 0.3 is 0 Å². The van der Waals surface area contributed by atoms with Gasteiger partial charge in [0, 0.05) is 23.7 Å². The van der Waals surface area contributed by atoms with Gasteiger partial charge in [-0.3, -0.25) is 4.90 Å². The number of aromatic hydroxyl groups is 1. The first-order chi connectivity index (χ1) is 12.7. The molecule has 0 unspecified atom stereocenters. The molecule has 0 saturated heterocycles. The number of likely N-dealkylation sites (N-methyl/N-ethyl adjacent to an activating group) is 1. The van der Waals surface area contributed by atoms with Gasteiger partial charge in [0.15, 0.2) is 23.0 Å². The molecule has 2 aliphatic heterocycles. The molecule has 2 aromatic rings. The lowest BCUT2D eigenvalue weighted by molar-refractivity contribution is 0.174. The van der Waals surface area contributed by atoms with E-state index in [9.17, 15) is 5.11 Å². The molecule has 2 aromatic carbocycles. The number of phenolic OH excluding ortho intramolecular Hbond substituents is 1. The minimum atomic E-state index is 0.188. The van der Waals surface area contributed by atoms with Crippen LogP contribution in [0.1, 0.15) is 22.7 Å². The Morgan fingerprint density at radius 2 is 2.00 bits per heavy atom. The Labute approximate surface area is 167 Å². The normalized spacial score (nSPS) is 19.2. The second-order valence-corrected chi connectivity index (χ2v) is 6.66. The van der Waals surface area contributed by atoms with Crippen molar-refractivity contribution in [3.8, 4) is 34.1 Å². The van der Waals surface area contributed by atoms with Crippen LogP contribution in [0.5, 0.6) is 23.0 Å². The van der Waals surface area contributed by atoms with Crippen molar-refractivity contribution < 1.29 is 19.3 Å². The monoisotopic (exact) mass is 467 g/mol. The molecule has 0 spiro atoms. The van der Waals surface area contributed by atoms with Gasteiger partial charge in [0.1, 0.15) is 0 Å². The van der Waals surface area contributed by atoms with Crippen LogP contribution in [0.15, 0.2) is 18.2 Å². The zero-order chi connectivity index (χ0) is 18.4. The molecule has 0 radical (unpaired) electrons. The summed E-state index contributed by atoms with van der Waals surface area (Å²) in [4.78, 5) is 4.36. The molecule has 0 amide bonds. The third kappa shape index (κ3) is 2.45. The average Bonchev–Trinajstić information content (AvgIpc) is 3.14. The Hall–Kier alpha value is -1.67. The van der Waals surface area contributed by atoms with Gasteiger partial charge in [0.2, 0.25) is 6.79 Å². The van der Waals surface area contributed by atoms with Gasteiger partial charge in [-0.1, -0.05) is 28.7 Å². The van der Waals surface area contributed by atoms with Gasteiger partial charge in [-0.05, 0) is 53.6 Å². The molecular formula is C20H22INO4. The van der Waals surface area contributed by atoms with E-state index in [1.165, 1.54) is 11.1 Å². The van der Waals surface area contributed by atoms with E-state index in [1.54, 1.807) is 7.11 Å². The van der Waals surface area contributed by atoms with Crippen molar-refractivity contribution in [1.29, 1.82) is 0 Å². The predicted octanol–water partition coefficient (Wildman–Crippen LogP) is 3.93. The summed E-state index contributed by atoms with van der Waals surface area (Å²) >= 11 is 2.15. The SMILES string of the molecule is CI.COc1ccc2c(c1O)-c1c3c(cc4c1[C@H](C2)N(C)CC4)OCO3. The van der Waals surface area contributed by atoms with Crippen molar-refractivity contribution in [2.45, 2.75) is 18.9 Å². The number of hydrogen-bond acceptors (Lipinski definition) is 5. The van der Waals surface area contributed by atoms with Gasteiger partial charge < -0.3 is 19.3 Å². The van der Waals surface area contributed by atoms with Crippen LogP contribution < -0.4 is 14.2 Å². The summed E-state index contributed by atoms with van der Waals surface area (Å²) in [5.74, 6) is 2.20. The fraction of sp³-hybridized carbons (Fsp3) is 0.400. The van der Waals surface area contributed by atoms with Crippen molar-refractivity contribution in [2.75, 3.05) is 32.4 Å². The van der Waals surface area contributed by atoms with Gasteiger partial charge in [0.25, 0.3) is 0 Å². The van der Waals surface area contributed by atoms with Crippen LogP contribution in [0.2, 0.25) is 0 Å². The molecule has 0 aromatic heterocycles. The van der Waals surface area contributed by atoms with Crippen LogP contribution in [-0.2, 0) is 12.8 Å². The highest BCUT2D eigenvalue weighted by molar-refractivity contribution is 14.1. The number of halogens is 1. The molecule has 1 aliphatic carbocycles. The van der Waals surface area contributed by atoms with E-state index in [1.807, 2.05) is 17.1 Å². The van der Waals surface area contributed by atoms with Crippen LogP contribution in [-0.4, -0.2) is 42.4 Å². The topological polar surface area (TPSA) is 51.2 Å². The van der Waals surface area contributed by atoms with E-state index in [4.69, 9.17) is 14.2 Å². The van der Waals surface area contributed by atoms with Crippen molar-refractivity contribution in [1.82, 2.24) is 4.90 Å². The van der Waals surface area contributed by atoms with Gasteiger partial charge in [-0.25, -0.2) is 0 Å². The summed E-state index contributed by atoms with van der Waals surface area (Å²) in [5.41, 5.74) is 5.50. The Kier molecular flexibility index (Phi) is 4.64. The van der Waals surface area contributed by atoms with E-state index < -0.39 is 0 Å². The van der Waals surface area contributed by atoms with Crippen LogP contribution in [0, 0.1) is 0 Å². The van der Waals surface area contributed by atoms with Gasteiger partial charge in [-0.15, -0.1) is 0 Å². The number of nitrogens with zero attached hydrogens (tertiary/aromatic N) is 1. The van der Waals surface area contributed by atoms with E-state index in [0.29, 0.717) is 11.8 Å². The number of fused-ring (bicyclic) bond motifs is 4. The fourth-order valence-corrected chi connectivity index (χ4v) is 4.31. The first-order valence-corrected chi connectivity index (χ1v) is 10.8. The number of benzene rings is 2. The summed E-state index contributed by atoms with van der Waals surface area (Å²) in [5, 5.41) is 10.8. The first kappa shape index (κ1) is 17.7. The maximum absolute atomic E-state index is 10.8. The highest BCUT2D eigenvalue weighted by Crippen LogP contribution is 2.56. The quantitative estimate of drug-likeness (QED) is 0.509. The maximum atomic E-state index is 10.8. The zero-order valence-electron chi connectivity index (χ0n) is 15.1. The summed E-state index contributed by atoms with van der Waals surface area (Å²) in [6, 6.07) is 6.31. The largest absolute Gasteiger partial charge is 0.504 e. The average molecular weight is 467 g/mol. The number of methoxy groups -OCH3 is 1. The predicted molar refractivity (Wildman–Crippen MR) is 109 cm³/mol. The number of hydrogen-bond donors (Lipinski definition) is 1. The smallest absolute Gasteiger partial charge is 0.231 e. The molecule has 5 rings (SSSR count). The lowest BCUT2D eigenvalue weighted by Crippen LogP contribution is -2.35. The van der Waals surface area contributed by atoms with Crippen LogP contribution in [0.4, 0.5) is 0 Å². The summed E-state index contributed by atoms with van der Waals surface area (Å²) in [6.45, 7) is 1.25. The molecular weight excluding hydrogens is 445 g/mol. The number of alkyl halides is 1. The molecule has 0 bridgehead atoms. The number of rotatable bonds is 1. The fourth-order valence-electron chi connectivity index (χ4n) is 4.31. The van der Waals surface area contributed by atoms with Gasteiger partial charge in [-0.2, -0.15) is 0 Å². The minimum Gasteiger partial charge on any atom is -0.504 e. The van der Waals surface area contributed by atoms with Gasteiger partial charge in [0.05, 0.1) is 7.11 Å². The summed E-state index contributed by atoms with van der Waals surface area (Å²) < 4.78 is 16.8. The third-order valence-corrected chi connectivity index (χ3v) is 5.50. The minimum absolute atomic E-state index is 0.188. The standard InChI is InChI=1S/C19H19NO4.CH3I/c1-20-6-5-11-8-14-19(24-9-23-14)17-15(11)12(20)7-10-3-4-13(22-2)18(21)16(10)17;1-2/h3-4,8,12,21H,5-7,9H2,1-2H3;1H3/t12-;/m0./s1. The van der Waals surface area contributed by atoms with Crippen molar-refractivity contribution in [2.24, 2.45) is 0 Å². The van der Waals surface area contributed by atoms with Crippen molar-refractivity contribution in [3.63, 3.8) is 0 Å². The van der Waals surface area contributed by atoms with E-state index >= 15 is 0 Å². The maximum Gasteiger partial charge on any atom is 0.231 e. The third-order valence-electron chi connectivity index (χ3n) is 5.50. The molecule has 6 heteroatoms. The molecule has 2 heterocycles. The molecule has 138 valence electrons. The highest BCUT2D eigenvalue weighted by atomic mass is 127. The lowest BCUT2D eigenvalue weighted by Gasteiger charge is -2.40. The van der Waals surface area contributed by atoms with Crippen molar-refractivity contribution in [3.05, 3.63) is 34.9 Å². The Balaban J connectivity index is 0.000000814. The number of ether oxygens (including phenoxy) is 3. The van der Waals surface area contributed by atoms with Crippen LogP contribution in [0.3, 0.4) is 0 Å². The Morgan fingerprint density at radius 3 is 2.77 bits per heavy atom. The Morgan fingerprint density at radius 1 is 1.19 bits per heavy atom. The highest BCUT2D eigenvalue weighted by Gasteiger charge is 2.39. The summed E-state index contributed by atoms with van der Waals surface area (Å²) in [6.07, 6.45) is 1.86. The second kappa shape index (κ2) is 6.81. The van der Waals surface area contributed by atoms with Crippen LogP contribution >= 0.6 is 22.6 Å². The molecule has 26 heavy (non-hydrogen) atoms. The lowest BCUT2D eigenvalue weighted by atomic mass is 9.76. The molecule has 3 aliphatic rings. The number of phenols is 1. The van der Waals surface area contributed by atoms with E-state index in [0.717, 1.165) is 47.6 Å². The second-order valence-electron chi connectivity index (χ2n) is 6.66. The first-order valence-electron chi connectivity index (χ1n) is 8.61. The van der Waals surface area contributed by atoms with Crippen LogP contribution in [0.25, 0.3) is 11.1 Å². The van der Waals surface area contributed by atoms with Crippen molar-refractivity contribution >= 4 is 22.6 Å². The van der Waals surface area contributed by atoms with E-state index in [-0.39, 0.29) is 12.5 Å². The summed E-state index contributed by atoms with van der Waals surface area (Å²) in [7, 11) is 3.74. The molecule has 1 N–H and O–H groups in total. The van der Waals surface area contributed by atoms with E-state index in [2.05, 4.69) is 40.6 Å².